The van der Waals surface area contributed by atoms with Crippen LogP contribution in [0.3, 0.4) is 0 Å². The second kappa shape index (κ2) is 4.97. The van der Waals surface area contributed by atoms with Gasteiger partial charge in [-0.25, -0.2) is 4.79 Å². The van der Waals surface area contributed by atoms with Crippen molar-refractivity contribution in [2.24, 2.45) is 0 Å². The summed E-state index contributed by atoms with van der Waals surface area (Å²) in [6, 6.07) is 8.19. The number of rotatable bonds is 1. The fraction of sp³-hybridized carbons (Fsp3) is 0.133. The Morgan fingerprint density at radius 1 is 1.26 bits per heavy atom. The third kappa shape index (κ3) is 2.19. The van der Waals surface area contributed by atoms with E-state index in [1.165, 1.54) is 9.46 Å². The minimum atomic E-state index is -0.339. The maximum absolute atomic E-state index is 11.8. The number of aromatic nitrogens is 1. The second-order valence-electron chi connectivity index (χ2n) is 4.15. The number of fused-ring (bicyclic) bond motifs is 3. The van der Waals surface area contributed by atoms with Gasteiger partial charge in [-0.05, 0) is 30.0 Å². The van der Waals surface area contributed by atoms with E-state index in [0.29, 0.717) is 6.61 Å². The molecule has 19 heavy (non-hydrogen) atoms. The molecule has 3 rings (SSSR count). The highest BCUT2D eigenvalue weighted by Crippen LogP contribution is 2.38. The Hall–Kier alpha value is -1.94. The van der Waals surface area contributed by atoms with Crippen molar-refractivity contribution < 1.29 is 9.53 Å². The Labute approximate surface area is 115 Å². The van der Waals surface area contributed by atoms with Crippen molar-refractivity contribution >= 4 is 23.9 Å². The van der Waals surface area contributed by atoms with Gasteiger partial charge in [0.05, 0.1) is 6.61 Å². The van der Waals surface area contributed by atoms with Gasteiger partial charge in [0.15, 0.2) is 0 Å². The van der Waals surface area contributed by atoms with E-state index in [0.717, 1.165) is 16.7 Å². The van der Waals surface area contributed by atoms with Crippen molar-refractivity contribution in [1.29, 1.82) is 0 Å². The van der Waals surface area contributed by atoms with Gasteiger partial charge in [0, 0.05) is 28.4 Å². The van der Waals surface area contributed by atoms with Gasteiger partial charge in [-0.3, -0.25) is 4.57 Å². The van der Waals surface area contributed by atoms with Crippen LogP contribution in [0, 0.1) is 0 Å². The summed E-state index contributed by atoms with van der Waals surface area (Å²) in [5, 5.41) is 2.04. The Morgan fingerprint density at radius 2 is 2.11 bits per heavy atom. The lowest BCUT2D eigenvalue weighted by Gasteiger charge is -2.04. The zero-order valence-electron chi connectivity index (χ0n) is 10.5. The Bertz CT molecular complexity index is 658. The number of hydrogen-bond acceptors (Lipinski definition) is 3. The van der Waals surface area contributed by atoms with Crippen LogP contribution in [0.15, 0.2) is 47.0 Å². The van der Waals surface area contributed by atoms with Crippen LogP contribution in [0.2, 0.25) is 0 Å². The molecule has 2 aromatic rings. The molecule has 96 valence electrons. The Balaban J connectivity index is 2.10. The van der Waals surface area contributed by atoms with E-state index in [-0.39, 0.29) is 6.09 Å². The highest BCUT2D eigenvalue weighted by molar-refractivity contribution is 8.02. The molecular weight excluding hydrogens is 258 g/mol. The molecule has 0 aliphatic carbocycles. The molecule has 0 saturated carbocycles. The number of thioether (sulfide) groups is 1. The van der Waals surface area contributed by atoms with Crippen molar-refractivity contribution in [3.05, 3.63) is 47.6 Å². The standard InChI is InChI=1S/C15H13NO2S/c1-2-18-15(17)16-9-11-7-8-19-14-6-4-3-5-12(14)13(11)10-16/h3-10H,2H2,1H3. The van der Waals surface area contributed by atoms with Crippen LogP contribution in [0.4, 0.5) is 4.79 Å². The minimum absolute atomic E-state index is 0.339. The van der Waals surface area contributed by atoms with Crippen molar-refractivity contribution in [3.63, 3.8) is 0 Å². The molecule has 1 aliphatic heterocycles. The number of benzene rings is 1. The molecular formula is C15H13NO2S. The van der Waals surface area contributed by atoms with Crippen molar-refractivity contribution in [3.8, 4) is 11.1 Å². The molecule has 1 aromatic heterocycles. The summed E-state index contributed by atoms with van der Waals surface area (Å²) < 4.78 is 6.52. The smallest absolute Gasteiger partial charge is 0.417 e. The number of carbonyl (C=O) groups is 1. The SMILES string of the molecule is CCOC(=O)n1cc2c(c1)-c1ccccc1SC=C2. The van der Waals surface area contributed by atoms with Gasteiger partial charge in [-0.15, -0.1) is 0 Å². The predicted molar refractivity (Wildman–Crippen MR) is 77.2 cm³/mol. The van der Waals surface area contributed by atoms with E-state index in [1.807, 2.05) is 36.0 Å². The lowest BCUT2D eigenvalue weighted by molar-refractivity contribution is 0.154. The first-order chi connectivity index (χ1) is 9.29. The fourth-order valence-electron chi connectivity index (χ4n) is 2.10. The summed E-state index contributed by atoms with van der Waals surface area (Å²) in [6.07, 6.45) is 5.33. The lowest BCUT2D eigenvalue weighted by Crippen LogP contribution is -2.11. The average molecular weight is 271 g/mol. The summed E-state index contributed by atoms with van der Waals surface area (Å²) in [6.45, 7) is 2.18. The summed E-state index contributed by atoms with van der Waals surface area (Å²) in [7, 11) is 0. The average Bonchev–Trinajstić information content (AvgIpc) is 2.77. The first-order valence-electron chi connectivity index (χ1n) is 6.11. The van der Waals surface area contributed by atoms with Crippen LogP contribution < -0.4 is 0 Å². The van der Waals surface area contributed by atoms with E-state index < -0.39 is 0 Å². The Morgan fingerprint density at radius 3 is 2.95 bits per heavy atom. The van der Waals surface area contributed by atoms with E-state index in [9.17, 15) is 4.79 Å². The zero-order chi connectivity index (χ0) is 13.2. The van der Waals surface area contributed by atoms with Gasteiger partial charge in [-0.2, -0.15) is 0 Å². The van der Waals surface area contributed by atoms with Crippen LogP contribution in [-0.4, -0.2) is 17.3 Å². The van der Waals surface area contributed by atoms with Gasteiger partial charge in [0.25, 0.3) is 0 Å². The van der Waals surface area contributed by atoms with Gasteiger partial charge in [0.2, 0.25) is 0 Å². The monoisotopic (exact) mass is 271 g/mol. The van der Waals surface area contributed by atoms with Crippen molar-refractivity contribution in [2.75, 3.05) is 6.61 Å². The van der Waals surface area contributed by atoms with Gasteiger partial charge in [0.1, 0.15) is 0 Å². The molecule has 1 aliphatic rings. The Kier molecular flexibility index (Phi) is 3.17. The lowest BCUT2D eigenvalue weighted by atomic mass is 10.1. The molecule has 0 saturated heterocycles. The maximum Gasteiger partial charge on any atom is 0.417 e. The predicted octanol–water partition coefficient (Wildman–Crippen LogP) is 4.24. The quantitative estimate of drug-likeness (QED) is 0.777. The topological polar surface area (TPSA) is 31.2 Å². The highest BCUT2D eigenvalue weighted by atomic mass is 32.2. The third-order valence-corrected chi connectivity index (χ3v) is 3.84. The zero-order valence-corrected chi connectivity index (χ0v) is 11.3. The van der Waals surface area contributed by atoms with E-state index >= 15 is 0 Å². The minimum Gasteiger partial charge on any atom is -0.449 e. The van der Waals surface area contributed by atoms with Gasteiger partial charge >= 0.3 is 6.09 Å². The summed E-state index contributed by atoms with van der Waals surface area (Å²) in [5.74, 6) is 0. The van der Waals surface area contributed by atoms with E-state index in [4.69, 9.17) is 4.74 Å². The summed E-state index contributed by atoms with van der Waals surface area (Å²) in [4.78, 5) is 13.0. The molecule has 0 spiro atoms. The summed E-state index contributed by atoms with van der Waals surface area (Å²) >= 11 is 1.69. The van der Waals surface area contributed by atoms with Crippen molar-refractivity contribution in [1.82, 2.24) is 4.57 Å². The van der Waals surface area contributed by atoms with Crippen LogP contribution in [0.1, 0.15) is 12.5 Å². The molecule has 0 unspecified atom stereocenters. The highest BCUT2D eigenvalue weighted by Gasteiger charge is 2.16. The molecule has 1 aromatic carbocycles. The largest absolute Gasteiger partial charge is 0.449 e. The van der Waals surface area contributed by atoms with Crippen LogP contribution in [-0.2, 0) is 4.74 Å². The van der Waals surface area contributed by atoms with Crippen LogP contribution >= 0.6 is 11.8 Å². The number of nitrogens with zero attached hydrogens (tertiary/aromatic N) is 1. The molecule has 0 radical (unpaired) electrons. The first kappa shape index (κ1) is 12.1. The first-order valence-corrected chi connectivity index (χ1v) is 6.99. The van der Waals surface area contributed by atoms with Crippen LogP contribution in [0.5, 0.6) is 0 Å². The van der Waals surface area contributed by atoms with Gasteiger partial charge < -0.3 is 4.74 Å². The molecule has 0 bridgehead atoms. The number of carbonyl (C=O) groups excluding carboxylic acids is 1. The van der Waals surface area contributed by atoms with Crippen molar-refractivity contribution in [2.45, 2.75) is 11.8 Å². The maximum atomic E-state index is 11.8. The molecule has 0 fully saturated rings. The molecule has 2 heterocycles. The third-order valence-electron chi connectivity index (χ3n) is 2.96. The molecule has 0 atom stereocenters. The molecule has 0 amide bonds. The van der Waals surface area contributed by atoms with Gasteiger partial charge in [-0.1, -0.05) is 30.0 Å². The normalized spacial score (nSPS) is 12.5. The summed E-state index contributed by atoms with van der Waals surface area (Å²) in [5.41, 5.74) is 3.24. The molecule has 3 nitrogen and oxygen atoms in total. The fourth-order valence-corrected chi connectivity index (χ4v) is 2.93. The molecule has 4 heteroatoms. The second-order valence-corrected chi connectivity index (χ2v) is 5.10. The number of hydrogen-bond donors (Lipinski definition) is 0. The number of ether oxygens (including phenoxy) is 1. The van der Waals surface area contributed by atoms with E-state index in [2.05, 4.69) is 12.1 Å². The van der Waals surface area contributed by atoms with Crippen LogP contribution in [0.25, 0.3) is 17.2 Å². The molecule has 0 N–H and O–H groups in total. The van der Waals surface area contributed by atoms with E-state index in [1.54, 1.807) is 18.7 Å².